The van der Waals surface area contributed by atoms with Crippen LogP contribution in [-0.4, -0.2) is 35.6 Å². The first-order valence-electron chi connectivity index (χ1n) is 6.73. The molecule has 18 heavy (non-hydrogen) atoms. The molecule has 3 atom stereocenters. The molecule has 0 saturated carbocycles. The van der Waals surface area contributed by atoms with Crippen LogP contribution in [0.1, 0.15) is 47.5 Å². The summed E-state index contributed by atoms with van der Waals surface area (Å²) in [6.07, 6.45) is 2.74. The molecule has 1 aromatic rings. The SMILES string of the molecule is Cc1nc(C2CN3CCCC3CO2)sc1C(C)N. The van der Waals surface area contributed by atoms with Gasteiger partial charge < -0.3 is 10.5 Å². The van der Waals surface area contributed by atoms with Gasteiger partial charge in [-0.05, 0) is 33.2 Å². The second kappa shape index (κ2) is 4.89. The zero-order chi connectivity index (χ0) is 12.7. The van der Waals surface area contributed by atoms with Gasteiger partial charge in [0.2, 0.25) is 0 Å². The predicted molar refractivity (Wildman–Crippen MR) is 72.7 cm³/mol. The van der Waals surface area contributed by atoms with Gasteiger partial charge >= 0.3 is 0 Å². The van der Waals surface area contributed by atoms with Gasteiger partial charge in [-0.25, -0.2) is 4.98 Å². The summed E-state index contributed by atoms with van der Waals surface area (Å²) in [5.74, 6) is 0. The number of nitrogens with two attached hydrogens (primary N) is 1. The van der Waals surface area contributed by atoms with Crippen molar-refractivity contribution in [2.24, 2.45) is 5.73 Å². The molecule has 1 aromatic heterocycles. The fraction of sp³-hybridized carbons (Fsp3) is 0.769. The average Bonchev–Trinajstić information content (AvgIpc) is 2.93. The second-order valence-electron chi connectivity index (χ2n) is 5.40. The number of ether oxygens (including phenoxy) is 1. The molecule has 0 radical (unpaired) electrons. The molecule has 0 aliphatic carbocycles. The van der Waals surface area contributed by atoms with Crippen molar-refractivity contribution in [2.75, 3.05) is 19.7 Å². The summed E-state index contributed by atoms with van der Waals surface area (Å²) < 4.78 is 5.99. The van der Waals surface area contributed by atoms with Crippen LogP contribution in [0.4, 0.5) is 0 Å². The fourth-order valence-electron chi connectivity index (χ4n) is 2.96. The molecule has 4 nitrogen and oxygen atoms in total. The fourth-order valence-corrected chi connectivity index (χ4v) is 4.02. The molecule has 0 aromatic carbocycles. The Kier molecular flexibility index (Phi) is 3.40. The first-order valence-corrected chi connectivity index (χ1v) is 7.55. The largest absolute Gasteiger partial charge is 0.368 e. The van der Waals surface area contributed by atoms with Gasteiger partial charge in [-0.1, -0.05) is 0 Å². The van der Waals surface area contributed by atoms with Crippen LogP contribution < -0.4 is 5.73 Å². The van der Waals surface area contributed by atoms with Crippen LogP contribution in [0, 0.1) is 6.92 Å². The Bertz CT molecular complexity index is 432. The zero-order valence-corrected chi connectivity index (χ0v) is 11.9. The molecule has 2 N–H and O–H groups in total. The molecule has 100 valence electrons. The highest BCUT2D eigenvalue weighted by molar-refractivity contribution is 7.11. The van der Waals surface area contributed by atoms with Crippen LogP contribution in [0.2, 0.25) is 0 Å². The van der Waals surface area contributed by atoms with Gasteiger partial charge in [-0.2, -0.15) is 0 Å². The molecular weight excluding hydrogens is 246 g/mol. The summed E-state index contributed by atoms with van der Waals surface area (Å²) in [5.41, 5.74) is 7.03. The van der Waals surface area contributed by atoms with E-state index in [4.69, 9.17) is 10.5 Å². The van der Waals surface area contributed by atoms with Crippen LogP contribution in [0.3, 0.4) is 0 Å². The van der Waals surface area contributed by atoms with Crippen molar-refractivity contribution in [1.29, 1.82) is 0 Å². The van der Waals surface area contributed by atoms with Crippen LogP contribution in [0.25, 0.3) is 0 Å². The minimum atomic E-state index is 0.0689. The number of morpholine rings is 1. The molecule has 0 amide bonds. The quantitative estimate of drug-likeness (QED) is 0.890. The molecule has 3 heterocycles. The van der Waals surface area contributed by atoms with Crippen molar-refractivity contribution in [1.82, 2.24) is 9.88 Å². The number of thiazole rings is 1. The van der Waals surface area contributed by atoms with Gasteiger partial charge in [0.15, 0.2) is 0 Å². The molecule has 3 rings (SSSR count). The first kappa shape index (κ1) is 12.5. The Hall–Kier alpha value is -0.490. The maximum Gasteiger partial charge on any atom is 0.123 e. The van der Waals surface area contributed by atoms with Crippen LogP contribution >= 0.6 is 11.3 Å². The van der Waals surface area contributed by atoms with E-state index in [0.29, 0.717) is 6.04 Å². The van der Waals surface area contributed by atoms with Crippen molar-refractivity contribution < 1.29 is 4.74 Å². The maximum absolute atomic E-state index is 5.99. The van der Waals surface area contributed by atoms with E-state index in [0.717, 1.165) is 23.9 Å². The molecular formula is C13H21N3OS. The normalized spacial score (nSPS) is 30.4. The molecule has 0 bridgehead atoms. The van der Waals surface area contributed by atoms with Gasteiger partial charge in [-0.3, -0.25) is 4.90 Å². The minimum Gasteiger partial charge on any atom is -0.368 e. The number of hydrogen-bond acceptors (Lipinski definition) is 5. The average molecular weight is 267 g/mol. The monoisotopic (exact) mass is 267 g/mol. The highest BCUT2D eigenvalue weighted by atomic mass is 32.1. The number of nitrogens with zero attached hydrogens (tertiary/aromatic N) is 2. The van der Waals surface area contributed by atoms with E-state index in [1.165, 1.54) is 24.3 Å². The Morgan fingerprint density at radius 1 is 1.56 bits per heavy atom. The Labute approximate surface area is 112 Å². The van der Waals surface area contributed by atoms with Gasteiger partial charge in [0, 0.05) is 23.5 Å². The van der Waals surface area contributed by atoms with E-state index in [2.05, 4.69) is 9.88 Å². The van der Waals surface area contributed by atoms with Gasteiger partial charge in [-0.15, -0.1) is 11.3 Å². The van der Waals surface area contributed by atoms with E-state index >= 15 is 0 Å². The third-order valence-corrected chi connectivity index (χ3v) is 5.38. The molecule has 3 unspecified atom stereocenters. The number of hydrogen-bond donors (Lipinski definition) is 1. The summed E-state index contributed by atoms with van der Waals surface area (Å²) in [7, 11) is 0. The summed E-state index contributed by atoms with van der Waals surface area (Å²) in [6, 6.07) is 0.717. The summed E-state index contributed by atoms with van der Waals surface area (Å²) in [6.45, 7) is 7.13. The van der Waals surface area contributed by atoms with E-state index in [1.807, 2.05) is 13.8 Å². The zero-order valence-electron chi connectivity index (χ0n) is 11.1. The minimum absolute atomic E-state index is 0.0689. The molecule has 2 aliphatic heterocycles. The van der Waals surface area contributed by atoms with Crippen molar-refractivity contribution in [3.05, 3.63) is 15.6 Å². The standard InChI is InChI=1S/C13H21N3OS/c1-8(14)12-9(2)15-13(18-12)11-6-16-5-3-4-10(16)7-17-11/h8,10-11H,3-7,14H2,1-2H3. The van der Waals surface area contributed by atoms with Crippen LogP contribution in [-0.2, 0) is 4.74 Å². The molecule has 5 heteroatoms. The summed E-state index contributed by atoms with van der Waals surface area (Å²) >= 11 is 1.72. The molecule has 2 fully saturated rings. The van der Waals surface area contributed by atoms with Crippen molar-refractivity contribution in [2.45, 2.75) is 44.9 Å². The molecule has 2 aliphatic rings. The lowest BCUT2D eigenvalue weighted by Gasteiger charge is -2.34. The van der Waals surface area contributed by atoms with Crippen LogP contribution in [0.15, 0.2) is 0 Å². The lowest BCUT2D eigenvalue weighted by Crippen LogP contribution is -2.42. The third-order valence-electron chi connectivity index (χ3n) is 3.93. The number of aryl methyl sites for hydroxylation is 1. The lowest BCUT2D eigenvalue weighted by atomic mass is 10.2. The van der Waals surface area contributed by atoms with E-state index in [1.54, 1.807) is 11.3 Å². The third kappa shape index (κ3) is 2.20. The summed E-state index contributed by atoms with van der Waals surface area (Å²) in [4.78, 5) is 8.40. The van der Waals surface area contributed by atoms with Crippen molar-refractivity contribution in [3.8, 4) is 0 Å². The summed E-state index contributed by atoms with van der Waals surface area (Å²) in [5, 5.41) is 1.10. The van der Waals surface area contributed by atoms with E-state index < -0.39 is 0 Å². The Balaban J connectivity index is 1.76. The predicted octanol–water partition coefficient (Wildman–Crippen LogP) is 2.01. The topological polar surface area (TPSA) is 51.4 Å². The molecule has 2 saturated heterocycles. The van der Waals surface area contributed by atoms with E-state index in [-0.39, 0.29) is 12.1 Å². The van der Waals surface area contributed by atoms with Crippen LogP contribution in [0.5, 0.6) is 0 Å². The van der Waals surface area contributed by atoms with Crippen molar-refractivity contribution in [3.63, 3.8) is 0 Å². The van der Waals surface area contributed by atoms with Gasteiger partial charge in [0.05, 0.1) is 12.3 Å². The maximum atomic E-state index is 5.99. The highest BCUT2D eigenvalue weighted by Gasteiger charge is 2.34. The van der Waals surface area contributed by atoms with Crippen molar-refractivity contribution >= 4 is 11.3 Å². The Morgan fingerprint density at radius 2 is 2.39 bits per heavy atom. The molecule has 0 spiro atoms. The first-order chi connectivity index (χ1) is 8.65. The smallest absolute Gasteiger partial charge is 0.123 e. The number of fused-ring (bicyclic) bond motifs is 1. The van der Waals surface area contributed by atoms with Gasteiger partial charge in [0.25, 0.3) is 0 Å². The Morgan fingerprint density at radius 3 is 3.11 bits per heavy atom. The number of rotatable bonds is 2. The highest BCUT2D eigenvalue weighted by Crippen LogP contribution is 2.34. The van der Waals surface area contributed by atoms with Gasteiger partial charge in [0.1, 0.15) is 11.1 Å². The van der Waals surface area contributed by atoms with E-state index in [9.17, 15) is 0 Å². The second-order valence-corrected chi connectivity index (χ2v) is 6.47. The number of aromatic nitrogens is 1. The lowest BCUT2D eigenvalue weighted by molar-refractivity contribution is -0.0502.